The molecule has 0 atom stereocenters. The summed E-state index contributed by atoms with van der Waals surface area (Å²) in [6.07, 6.45) is 0. The van der Waals surface area contributed by atoms with Crippen molar-refractivity contribution in [2.24, 2.45) is 0 Å². The molecule has 0 aliphatic heterocycles. The first-order valence-corrected chi connectivity index (χ1v) is 10.8. The minimum atomic E-state index is -0.249. The molecule has 1 amide bonds. The van der Waals surface area contributed by atoms with Crippen molar-refractivity contribution in [2.45, 2.75) is 33.1 Å². The van der Waals surface area contributed by atoms with E-state index in [-0.39, 0.29) is 16.4 Å². The third-order valence-corrected chi connectivity index (χ3v) is 5.38. The molecule has 0 aliphatic rings. The van der Waals surface area contributed by atoms with Gasteiger partial charge in [0.25, 0.3) is 5.91 Å². The highest BCUT2D eigenvalue weighted by molar-refractivity contribution is 7.80. The van der Waals surface area contributed by atoms with Crippen molar-refractivity contribution in [1.29, 1.82) is 0 Å². The van der Waals surface area contributed by atoms with Crippen molar-refractivity contribution in [3.63, 3.8) is 0 Å². The molecule has 2 N–H and O–H groups in total. The zero-order valence-electron chi connectivity index (χ0n) is 18.5. The number of fused-ring (bicyclic) bond motifs is 1. The molecule has 3 aromatic carbocycles. The van der Waals surface area contributed by atoms with E-state index in [9.17, 15) is 4.79 Å². The highest BCUT2D eigenvalue weighted by atomic mass is 32.1. The summed E-state index contributed by atoms with van der Waals surface area (Å²) in [5.74, 6) is 0.313. The topological polar surface area (TPSA) is 67.2 Å². The largest absolute Gasteiger partial charge is 0.436 e. The van der Waals surface area contributed by atoms with Crippen molar-refractivity contribution >= 4 is 40.0 Å². The number of anilines is 1. The molecule has 1 heterocycles. The van der Waals surface area contributed by atoms with Crippen LogP contribution in [0.2, 0.25) is 0 Å². The molecule has 4 rings (SSSR count). The monoisotopic (exact) mass is 443 g/mol. The van der Waals surface area contributed by atoms with E-state index in [1.807, 2.05) is 73.7 Å². The lowest BCUT2D eigenvalue weighted by Crippen LogP contribution is -2.34. The maximum atomic E-state index is 12.5. The standard InChI is InChI=1S/C26H25N3O2S/c1-16-5-14-21-22(15-16)31-24(28-21)18-8-12-20(13-9-18)27-25(32)29-23(30)17-6-10-19(11-7-17)26(2,3)4/h5-15H,1-4H3,(H2,27,29,30,32). The molecule has 0 spiro atoms. The molecule has 32 heavy (non-hydrogen) atoms. The van der Waals surface area contributed by atoms with Crippen LogP contribution in [-0.2, 0) is 5.41 Å². The molecule has 5 nitrogen and oxygen atoms in total. The summed E-state index contributed by atoms with van der Waals surface area (Å²) >= 11 is 5.31. The molecule has 0 fully saturated rings. The van der Waals surface area contributed by atoms with Crippen LogP contribution in [-0.4, -0.2) is 16.0 Å². The predicted molar refractivity (Wildman–Crippen MR) is 133 cm³/mol. The van der Waals surface area contributed by atoms with E-state index in [2.05, 4.69) is 36.4 Å². The number of hydrogen-bond acceptors (Lipinski definition) is 4. The van der Waals surface area contributed by atoms with Crippen molar-refractivity contribution in [1.82, 2.24) is 10.3 Å². The molecule has 4 aromatic rings. The van der Waals surface area contributed by atoms with Crippen LogP contribution in [0.25, 0.3) is 22.6 Å². The quantitative estimate of drug-likeness (QED) is 0.368. The van der Waals surface area contributed by atoms with Crippen LogP contribution in [0, 0.1) is 6.92 Å². The Balaban J connectivity index is 1.39. The minimum absolute atomic E-state index is 0.0366. The number of oxazole rings is 1. The first-order valence-electron chi connectivity index (χ1n) is 10.4. The Morgan fingerprint density at radius 3 is 2.31 bits per heavy atom. The fourth-order valence-electron chi connectivity index (χ4n) is 3.31. The summed E-state index contributed by atoms with van der Waals surface area (Å²) in [5.41, 5.74) is 6.10. The molecule has 1 aromatic heterocycles. The number of carbonyl (C=O) groups excluding carboxylic acids is 1. The van der Waals surface area contributed by atoms with E-state index >= 15 is 0 Å². The molecule has 0 unspecified atom stereocenters. The molecule has 6 heteroatoms. The number of aryl methyl sites for hydroxylation is 1. The molecule has 162 valence electrons. The lowest BCUT2D eigenvalue weighted by atomic mass is 9.87. The van der Waals surface area contributed by atoms with Crippen molar-refractivity contribution in [3.8, 4) is 11.5 Å². The van der Waals surface area contributed by atoms with Gasteiger partial charge in [-0.05, 0) is 84.2 Å². The first-order chi connectivity index (χ1) is 15.2. The van der Waals surface area contributed by atoms with Crippen LogP contribution in [0.4, 0.5) is 5.69 Å². The molecule has 0 saturated carbocycles. The molecular weight excluding hydrogens is 418 g/mol. The van der Waals surface area contributed by atoms with Crippen molar-refractivity contribution in [2.75, 3.05) is 5.32 Å². The van der Waals surface area contributed by atoms with Gasteiger partial charge >= 0.3 is 0 Å². The maximum absolute atomic E-state index is 12.5. The molecule has 0 radical (unpaired) electrons. The number of amides is 1. The number of thiocarbonyl (C=S) groups is 1. The second-order valence-corrected chi connectivity index (χ2v) is 9.21. The Labute approximate surface area is 192 Å². The number of nitrogens with one attached hydrogen (secondary N) is 2. The fourth-order valence-corrected chi connectivity index (χ4v) is 3.52. The smallest absolute Gasteiger partial charge is 0.257 e. The number of nitrogens with zero attached hydrogens (tertiary/aromatic N) is 1. The van der Waals surface area contributed by atoms with Crippen LogP contribution >= 0.6 is 12.2 Å². The summed E-state index contributed by atoms with van der Waals surface area (Å²) in [5, 5.41) is 6.00. The van der Waals surface area contributed by atoms with Gasteiger partial charge in [-0.3, -0.25) is 10.1 Å². The first kappa shape index (κ1) is 21.7. The van der Waals surface area contributed by atoms with Gasteiger partial charge in [-0.1, -0.05) is 39.0 Å². The van der Waals surface area contributed by atoms with E-state index in [4.69, 9.17) is 16.6 Å². The van der Waals surface area contributed by atoms with E-state index in [0.29, 0.717) is 11.5 Å². The summed E-state index contributed by atoms with van der Waals surface area (Å²) in [4.78, 5) is 17.0. The number of rotatable bonds is 3. The van der Waals surface area contributed by atoms with Crippen LogP contribution in [0.1, 0.15) is 42.3 Å². The van der Waals surface area contributed by atoms with Gasteiger partial charge in [-0.2, -0.15) is 0 Å². The number of benzene rings is 3. The van der Waals surface area contributed by atoms with Gasteiger partial charge in [0.1, 0.15) is 5.52 Å². The Morgan fingerprint density at radius 2 is 1.66 bits per heavy atom. The summed E-state index contributed by atoms with van der Waals surface area (Å²) < 4.78 is 5.87. The summed E-state index contributed by atoms with van der Waals surface area (Å²) in [6.45, 7) is 8.43. The number of aromatic nitrogens is 1. The van der Waals surface area contributed by atoms with E-state index in [1.165, 1.54) is 5.56 Å². The van der Waals surface area contributed by atoms with E-state index in [1.54, 1.807) is 0 Å². The third kappa shape index (κ3) is 4.86. The van der Waals surface area contributed by atoms with E-state index in [0.717, 1.165) is 27.9 Å². The van der Waals surface area contributed by atoms with Gasteiger partial charge in [-0.25, -0.2) is 4.98 Å². The van der Waals surface area contributed by atoms with E-state index < -0.39 is 0 Å². The molecule has 0 saturated heterocycles. The Bertz CT molecular complexity index is 1280. The second kappa shape index (κ2) is 8.55. The average Bonchev–Trinajstić information content (AvgIpc) is 3.17. The van der Waals surface area contributed by atoms with Gasteiger partial charge in [0.05, 0.1) is 0 Å². The van der Waals surface area contributed by atoms with Crippen LogP contribution < -0.4 is 10.6 Å². The highest BCUT2D eigenvalue weighted by Crippen LogP contribution is 2.26. The average molecular weight is 444 g/mol. The third-order valence-electron chi connectivity index (χ3n) is 5.17. The van der Waals surface area contributed by atoms with Crippen molar-refractivity contribution < 1.29 is 9.21 Å². The lowest BCUT2D eigenvalue weighted by molar-refractivity contribution is 0.0977. The van der Waals surface area contributed by atoms with Gasteiger partial charge in [0.15, 0.2) is 10.7 Å². The van der Waals surface area contributed by atoms with Gasteiger partial charge in [0.2, 0.25) is 5.89 Å². The Hall–Kier alpha value is -3.51. The van der Waals surface area contributed by atoms with Gasteiger partial charge in [-0.15, -0.1) is 0 Å². The van der Waals surface area contributed by atoms with Gasteiger partial charge in [0, 0.05) is 16.8 Å². The number of carbonyl (C=O) groups is 1. The summed E-state index contributed by atoms with van der Waals surface area (Å²) in [7, 11) is 0. The zero-order valence-corrected chi connectivity index (χ0v) is 19.3. The fraction of sp³-hybridized carbons (Fsp3) is 0.192. The zero-order chi connectivity index (χ0) is 22.9. The second-order valence-electron chi connectivity index (χ2n) is 8.80. The van der Waals surface area contributed by atoms with Gasteiger partial charge < -0.3 is 9.73 Å². The maximum Gasteiger partial charge on any atom is 0.257 e. The molecule has 0 aliphatic carbocycles. The number of hydrogen-bond donors (Lipinski definition) is 2. The predicted octanol–water partition coefficient (Wildman–Crippen LogP) is 6.23. The highest BCUT2D eigenvalue weighted by Gasteiger charge is 2.15. The van der Waals surface area contributed by atoms with Crippen LogP contribution in [0.3, 0.4) is 0 Å². The Kier molecular flexibility index (Phi) is 5.80. The Morgan fingerprint density at radius 1 is 0.969 bits per heavy atom. The van der Waals surface area contributed by atoms with Crippen molar-refractivity contribution in [3.05, 3.63) is 83.4 Å². The molecule has 0 bridgehead atoms. The SMILES string of the molecule is Cc1ccc2nc(-c3ccc(NC(=S)NC(=O)c4ccc(C(C)(C)C)cc4)cc3)oc2c1. The molecular formula is C26H25N3O2S. The summed E-state index contributed by atoms with van der Waals surface area (Å²) in [6, 6.07) is 21.0. The normalized spacial score (nSPS) is 11.4. The lowest BCUT2D eigenvalue weighted by Gasteiger charge is -2.19. The minimum Gasteiger partial charge on any atom is -0.436 e. The van der Waals surface area contributed by atoms with Crippen LogP contribution in [0.5, 0.6) is 0 Å². The van der Waals surface area contributed by atoms with Crippen LogP contribution in [0.15, 0.2) is 71.1 Å².